The number of esters is 1. The molecule has 0 saturated heterocycles. The monoisotopic (exact) mass is 357 g/mol. The first-order valence-corrected chi connectivity index (χ1v) is 7.17. The van der Waals surface area contributed by atoms with Crippen molar-refractivity contribution < 1.29 is 23.7 Å². The maximum absolute atomic E-state index is 12.3. The summed E-state index contributed by atoms with van der Waals surface area (Å²) in [6.45, 7) is 1.53. The molecule has 0 bridgehead atoms. The molecule has 0 fully saturated rings. The second-order valence-electron chi connectivity index (χ2n) is 4.50. The van der Waals surface area contributed by atoms with Crippen molar-refractivity contribution in [1.82, 2.24) is 0 Å². The lowest BCUT2D eigenvalue weighted by Gasteiger charge is -2.14. The Balaban J connectivity index is 2.61. The SMILES string of the molecule is COC(=O)c1c(Cl)cc(C)[n+]([O-])c1Oc1ccc(Cl)cc1OC. The summed E-state index contributed by atoms with van der Waals surface area (Å²) in [5, 5.41) is 12.8. The molecule has 8 heteroatoms. The maximum atomic E-state index is 12.3. The van der Waals surface area contributed by atoms with E-state index in [0.29, 0.717) is 15.5 Å². The summed E-state index contributed by atoms with van der Waals surface area (Å²) in [5.41, 5.74) is 0.0809. The van der Waals surface area contributed by atoms with Crippen molar-refractivity contribution in [2.75, 3.05) is 14.2 Å². The van der Waals surface area contributed by atoms with E-state index in [1.165, 1.54) is 39.3 Å². The molecule has 6 nitrogen and oxygen atoms in total. The van der Waals surface area contributed by atoms with Gasteiger partial charge in [0.05, 0.1) is 19.2 Å². The molecule has 0 amide bonds. The number of pyridine rings is 1. The minimum absolute atomic E-state index is 0.0457. The van der Waals surface area contributed by atoms with Gasteiger partial charge >= 0.3 is 11.8 Å². The summed E-state index contributed by atoms with van der Waals surface area (Å²) in [4.78, 5) is 11.9. The highest BCUT2D eigenvalue weighted by atomic mass is 35.5. The van der Waals surface area contributed by atoms with E-state index in [-0.39, 0.29) is 27.9 Å². The zero-order valence-electron chi connectivity index (χ0n) is 12.6. The molecule has 0 aliphatic heterocycles. The number of hydrogen-bond donors (Lipinski definition) is 0. The average Bonchev–Trinajstić information content (AvgIpc) is 2.53. The molecule has 1 heterocycles. The predicted molar refractivity (Wildman–Crippen MR) is 84.6 cm³/mol. The number of ether oxygens (including phenoxy) is 3. The summed E-state index contributed by atoms with van der Waals surface area (Å²) in [6.07, 6.45) is 0. The summed E-state index contributed by atoms with van der Waals surface area (Å²) in [5.74, 6) is -0.593. The van der Waals surface area contributed by atoms with Crippen LogP contribution >= 0.6 is 23.2 Å². The van der Waals surface area contributed by atoms with Gasteiger partial charge in [0, 0.05) is 24.1 Å². The van der Waals surface area contributed by atoms with Gasteiger partial charge in [0.15, 0.2) is 22.8 Å². The normalized spacial score (nSPS) is 10.3. The van der Waals surface area contributed by atoms with Crippen LogP contribution in [0.2, 0.25) is 10.0 Å². The van der Waals surface area contributed by atoms with Crippen LogP contribution in [0.15, 0.2) is 24.3 Å². The van der Waals surface area contributed by atoms with Crippen LogP contribution in [0.3, 0.4) is 0 Å². The van der Waals surface area contributed by atoms with Crippen LogP contribution in [0.1, 0.15) is 16.1 Å². The molecular weight excluding hydrogens is 345 g/mol. The number of carbonyl (C=O) groups is 1. The van der Waals surface area contributed by atoms with Crippen molar-refractivity contribution in [3.05, 3.63) is 50.8 Å². The van der Waals surface area contributed by atoms with E-state index >= 15 is 0 Å². The molecule has 2 aromatic rings. The van der Waals surface area contributed by atoms with Gasteiger partial charge in [-0.2, -0.15) is 0 Å². The molecule has 0 unspecified atom stereocenters. The van der Waals surface area contributed by atoms with Gasteiger partial charge in [0.2, 0.25) is 0 Å². The molecule has 2 rings (SSSR count). The first-order valence-electron chi connectivity index (χ1n) is 6.41. The van der Waals surface area contributed by atoms with Crippen molar-refractivity contribution in [3.8, 4) is 17.4 Å². The molecular formula is C15H13Cl2NO5. The van der Waals surface area contributed by atoms with Crippen LogP contribution in [0.5, 0.6) is 17.4 Å². The van der Waals surface area contributed by atoms with Crippen LogP contribution in [0, 0.1) is 12.1 Å². The first-order chi connectivity index (χ1) is 10.9. The Morgan fingerprint density at radius 2 is 1.87 bits per heavy atom. The second kappa shape index (κ2) is 6.93. The molecule has 122 valence electrons. The van der Waals surface area contributed by atoms with E-state index in [1.54, 1.807) is 6.07 Å². The van der Waals surface area contributed by atoms with Crippen LogP contribution in [0.4, 0.5) is 0 Å². The smallest absolute Gasteiger partial charge is 0.401 e. The number of rotatable bonds is 4. The largest absolute Gasteiger partial charge is 0.616 e. The van der Waals surface area contributed by atoms with E-state index in [0.717, 1.165) is 0 Å². The molecule has 0 spiro atoms. The molecule has 0 atom stereocenters. The highest BCUT2D eigenvalue weighted by Crippen LogP contribution is 2.35. The standard InChI is InChI=1S/C15H13Cl2NO5/c1-8-6-10(17)13(15(19)22-3)14(18(8)20)23-11-5-4-9(16)7-12(11)21-2/h4-7H,1-3H3. The van der Waals surface area contributed by atoms with E-state index in [4.69, 9.17) is 32.7 Å². The highest BCUT2D eigenvalue weighted by Gasteiger charge is 2.29. The Bertz CT molecular complexity index is 764. The summed E-state index contributed by atoms with van der Waals surface area (Å²) in [6, 6.07) is 5.94. The number of carbonyl (C=O) groups excluding carboxylic acids is 1. The van der Waals surface area contributed by atoms with Crippen LogP contribution in [0.25, 0.3) is 0 Å². The third-order valence-corrected chi connectivity index (χ3v) is 3.55. The predicted octanol–water partition coefficient (Wildman–Crippen LogP) is 3.52. The molecule has 1 aromatic carbocycles. The minimum atomic E-state index is -0.789. The fourth-order valence-corrected chi connectivity index (χ4v) is 2.37. The van der Waals surface area contributed by atoms with Gasteiger partial charge in [-0.15, -0.1) is 4.73 Å². The zero-order valence-corrected chi connectivity index (χ0v) is 14.1. The topological polar surface area (TPSA) is 71.7 Å². The van der Waals surface area contributed by atoms with Crippen LogP contribution in [-0.4, -0.2) is 20.2 Å². The third-order valence-electron chi connectivity index (χ3n) is 3.01. The van der Waals surface area contributed by atoms with Gasteiger partial charge in [-0.25, -0.2) is 4.79 Å². The number of hydrogen-bond acceptors (Lipinski definition) is 5. The van der Waals surface area contributed by atoms with E-state index in [1.807, 2.05) is 0 Å². The van der Waals surface area contributed by atoms with Gasteiger partial charge in [-0.3, -0.25) is 0 Å². The third kappa shape index (κ3) is 3.43. The summed E-state index contributed by atoms with van der Waals surface area (Å²) >= 11 is 11.9. The Morgan fingerprint density at radius 1 is 1.17 bits per heavy atom. The number of aromatic nitrogens is 1. The van der Waals surface area contributed by atoms with Crippen molar-refractivity contribution in [2.45, 2.75) is 6.92 Å². The van der Waals surface area contributed by atoms with E-state index in [2.05, 4.69) is 4.74 Å². The highest BCUT2D eigenvalue weighted by molar-refractivity contribution is 6.33. The second-order valence-corrected chi connectivity index (χ2v) is 5.34. The minimum Gasteiger partial charge on any atom is -0.616 e. The van der Waals surface area contributed by atoms with Gasteiger partial charge in [0.25, 0.3) is 0 Å². The van der Waals surface area contributed by atoms with Crippen molar-refractivity contribution >= 4 is 29.2 Å². The summed E-state index contributed by atoms with van der Waals surface area (Å²) < 4.78 is 15.8. The van der Waals surface area contributed by atoms with Crippen LogP contribution < -0.4 is 14.2 Å². The molecule has 0 saturated carbocycles. The number of benzene rings is 1. The van der Waals surface area contributed by atoms with Crippen molar-refractivity contribution in [1.29, 1.82) is 0 Å². The molecule has 0 radical (unpaired) electrons. The molecule has 0 N–H and O–H groups in total. The Hall–Kier alpha value is -2.18. The van der Waals surface area contributed by atoms with Crippen LogP contribution in [-0.2, 0) is 4.74 Å². The number of halogens is 2. The molecule has 1 aromatic heterocycles. The van der Waals surface area contributed by atoms with Gasteiger partial charge in [-0.1, -0.05) is 23.2 Å². The van der Waals surface area contributed by atoms with Crippen molar-refractivity contribution in [2.24, 2.45) is 0 Å². The number of aryl methyl sites for hydroxylation is 1. The van der Waals surface area contributed by atoms with E-state index < -0.39 is 5.97 Å². The number of nitrogens with zero attached hydrogens (tertiary/aromatic N) is 1. The zero-order chi connectivity index (χ0) is 17.1. The molecule has 0 aliphatic rings. The van der Waals surface area contributed by atoms with Gasteiger partial charge in [0.1, 0.15) is 0 Å². The summed E-state index contributed by atoms with van der Waals surface area (Å²) in [7, 11) is 2.61. The number of methoxy groups -OCH3 is 2. The first kappa shape index (κ1) is 17.2. The molecule has 0 aliphatic carbocycles. The fourth-order valence-electron chi connectivity index (χ4n) is 1.89. The van der Waals surface area contributed by atoms with Gasteiger partial charge < -0.3 is 19.4 Å². The quantitative estimate of drug-likeness (QED) is 0.475. The lowest BCUT2D eigenvalue weighted by molar-refractivity contribution is -0.618. The Morgan fingerprint density at radius 3 is 2.48 bits per heavy atom. The fraction of sp³-hybridized carbons (Fsp3) is 0.200. The average molecular weight is 358 g/mol. The maximum Gasteiger partial charge on any atom is 0.401 e. The lowest BCUT2D eigenvalue weighted by Crippen LogP contribution is -2.34. The molecule has 23 heavy (non-hydrogen) atoms. The van der Waals surface area contributed by atoms with Crippen molar-refractivity contribution in [3.63, 3.8) is 0 Å². The Labute approximate surface area is 142 Å². The Kier molecular flexibility index (Phi) is 5.18. The van der Waals surface area contributed by atoms with E-state index in [9.17, 15) is 10.0 Å². The lowest BCUT2D eigenvalue weighted by atomic mass is 10.2. The van der Waals surface area contributed by atoms with Gasteiger partial charge in [-0.05, 0) is 12.1 Å².